The van der Waals surface area contributed by atoms with Gasteiger partial charge in [-0.05, 0) is 32.0 Å². The third-order valence-electron chi connectivity index (χ3n) is 3.37. The molecule has 96 valence electrons. The molecule has 1 aromatic carbocycles. The normalized spacial score (nSPS) is 11.8. The lowest BCUT2D eigenvalue weighted by molar-refractivity contribution is 0.000756. The molecule has 0 bridgehead atoms. The molecule has 0 heterocycles. The van der Waals surface area contributed by atoms with Crippen LogP contribution in [0.25, 0.3) is 0 Å². The largest absolute Gasteiger partial charge is 0.487 e. The molecular weight excluding hydrogens is 226 g/mol. The molecule has 0 atom stereocenters. The van der Waals surface area contributed by atoms with Crippen molar-refractivity contribution < 1.29 is 9.53 Å². The van der Waals surface area contributed by atoms with Crippen LogP contribution in [0.2, 0.25) is 0 Å². The van der Waals surface area contributed by atoms with Crippen LogP contribution in [0.15, 0.2) is 18.2 Å². The maximum absolute atomic E-state index is 10.8. The van der Waals surface area contributed by atoms with Crippen LogP contribution in [0.5, 0.6) is 5.75 Å². The number of nitriles is 1. The minimum Gasteiger partial charge on any atom is -0.487 e. The van der Waals surface area contributed by atoms with Gasteiger partial charge in [-0.3, -0.25) is 4.79 Å². The molecule has 1 aromatic rings. The van der Waals surface area contributed by atoms with Gasteiger partial charge < -0.3 is 4.74 Å². The molecule has 0 aromatic heterocycles. The average Bonchev–Trinajstić information content (AvgIpc) is 2.26. The maximum atomic E-state index is 10.8. The highest BCUT2D eigenvalue weighted by atomic mass is 16.5. The van der Waals surface area contributed by atoms with Gasteiger partial charge in [0.15, 0.2) is 0 Å². The van der Waals surface area contributed by atoms with E-state index in [1.807, 2.05) is 19.9 Å². The zero-order valence-electron chi connectivity index (χ0n) is 11.6. The maximum Gasteiger partial charge on any atom is 0.150 e. The fourth-order valence-corrected chi connectivity index (χ4v) is 1.26. The molecular formula is C15H19NO2. The van der Waals surface area contributed by atoms with Crippen LogP contribution in [0.3, 0.4) is 0 Å². The summed E-state index contributed by atoms with van der Waals surface area (Å²) in [6.07, 6.45) is 0.720. The highest BCUT2D eigenvalue weighted by Gasteiger charge is 2.35. The van der Waals surface area contributed by atoms with Gasteiger partial charge in [0.05, 0.1) is 11.6 Å². The first-order chi connectivity index (χ1) is 8.19. The van der Waals surface area contributed by atoms with Crippen LogP contribution < -0.4 is 4.74 Å². The first-order valence-electron chi connectivity index (χ1n) is 5.89. The van der Waals surface area contributed by atoms with Gasteiger partial charge in [-0.2, -0.15) is 5.26 Å². The van der Waals surface area contributed by atoms with E-state index in [-0.39, 0.29) is 5.41 Å². The van der Waals surface area contributed by atoms with E-state index in [4.69, 9.17) is 10.00 Å². The lowest BCUT2D eigenvalue weighted by Crippen LogP contribution is -2.42. The van der Waals surface area contributed by atoms with Crippen LogP contribution >= 0.6 is 0 Å². The van der Waals surface area contributed by atoms with Crippen molar-refractivity contribution in [3.63, 3.8) is 0 Å². The molecule has 0 aliphatic carbocycles. The van der Waals surface area contributed by atoms with Gasteiger partial charge in [-0.25, -0.2) is 0 Å². The molecule has 0 fully saturated rings. The van der Waals surface area contributed by atoms with E-state index in [9.17, 15) is 4.79 Å². The number of rotatable bonds is 3. The number of hydrogen-bond acceptors (Lipinski definition) is 3. The third-order valence-corrected chi connectivity index (χ3v) is 3.37. The van der Waals surface area contributed by atoms with Gasteiger partial charge >= 0.3 is 0 Å². The van der Waals surface area contributed by atoms with Gasteiger partial charge in [0.2, 0.25) is 0 Å². The Balaban J connectivity index is 3.12. The second kappa shape index (κ2) is 4.81. The molecule has 0 spiro atoms. The van der Waals surface area contributed by atoms with Crippen molar-refractivity contribution in [2.24, 2.45) is 5.41 Å². The van der Waals surface area contributed by atoms with E-state index < -0.39 is 5.60 Å². The molecule has 0 aliphatic rings. The topological polar surface area (TPSA) is 50.1 Å². The lowest BCUT2D eigenvalue weighted by Gasteiger charge is -2.39. The summed E-state index contributed by atoms with van der Waals surface area (Å²) in [7, 11) is 0. The SMILES string of the molecule is CC(C)(C)C(C)(C)Oc1cc(C#N)cc(C=O)c1. The Morgan fingerprint density at radius 3 is 2.22 bits per heavy atom. The smallest absolute Gasteiger partial charge is 0.150 e. The van der Waals surface area contributed by atoms with Crippen molar-refractivity contribution in [2.45, 2.75) is 40.2 Å². The number of carbonyl (C=O) groups is 1. The first kappa shape index (κ1) is 14.2. The summed E-state index contributed by atoms with van der Waals surface area (Å²) in [6.45, 7) is 10.2. The van der Waals surface area contributed by atoms with E-state index in [1.54, 1.807) is 18.2 Å². The Morgan fingerprint density at radius 2 is 1.78 bits per heavy atom. The van der Waals surface area contributed by atoms with Crippen molar-refractivity contribution in [1.29, 1.82) is 5.26 Å². The molecule has 0 saturated heterocycles. The summed E-state index contributed by atoms with van der Waals surface area (Å²) in [5.74, 6) is 0.552. The Bertz CT molecular complexity index is 490. The molecule has 0 radical (unpaired) electrons. The summed E-state index contributed by atoms with van der Waals surface area (Å²) in [5.41, 5.74) is 0.422. The fraction of sp³-hybridized carbons (Fsp3) is 0.467. The zero-order valence-corrected chi connectivity index (χ0v) is 11.6. The molecule has 1 rings (SSSR count). The van der Waals surface area contributed by atoms with Gasteiger partial charge in [-0.15, -0.1) is 0 Å². The third kappa shape index (κ3) is 3.10. The van der Waals surface area contributed by atoms with Crippen LogP contribution in [-0.4, -0.2) is 11.9 Å². The summed E-state index contributed by atoms with van der Waals surface area (Å²) in [5, 5.41) is 8.92. The second-order valence-corrected chi connectivity index (χ2v) is 5.88. The summed E-state index contributed by atoms with van der Waals surface area (Å²) >= 11 is 0. The monoisotopic (exact) mass is 245 g/mol. The predicted octanol–water partition coefficient (Wildman–Crippen LogP) is 3.57. The summed E-state index contributed by atoms with van der Waals surface area (Å²) in [4.78, 5) is 10.8. The highest BCUT2D eigenvalue weighted by molar-refractivity contribution is 5.76. The standard InChI is InChI=1S/C15H19NO2/c1-14(2,3)15(4,5)18-13-7-11(9-16)6-12(8-13)10-17/h6-8,10H,1-5H3. The van der Waals surface area contributed by atoms with Crippen LogP contribution in [-0.2, 0) is 0 Å². The van der Waals surface area contributed by atoms with E-state index in [1.165, 1.54) is 0 Å². The number of aldehydes is 1. The van der Waals surface area contributed by atoms with Crippen molar-refractivity contribution in [2.75, 3.05) is 0 Å². The van der Waals surface area contributed by atoms with Crippen molar-refractivity contribution >= 4 is 6.29 Å². The van der Waals surface area contributed by atoms with Crippen molar-refractivity contribution in [3.8, 4) is 11.8 Å². The Morgan fingerprint density at radius 1 is 1.17 bits per heavy atom. The predicted molar refractivity (Wildman–Crippen MR) is 70.7 cm³/mol. The molecule has 3 nitrogen and oxygen atoms in total. The zero-order chi connectivity index (χ0) is 14.0. The van der Waals surface area contributed by atoms with Gasteiger partial charge in [-0.1, -0.05) is 20.8 Å². The van der Waals surface area contributed by atoms with Crippen molar-refractivity contribution in [3.05, 3.63) is 29.3 Å². The first-order valence-corrected chi connectivity index (χ1v) is 5.89. The lowest BCUT2D eigenvalue weighted by atomic mass is 9.79. The van der Waals surface area contributed by atoms with Crippen LogP contribution in [0.1, 0.15) is 50.5 Å². The number of hydrogen-bond donors (Lipinski definition) is 0. The van der Waals surface area contributed by atoms with E-state index in [0.717, 1.165) is 6.29 Å². The van der Waals surface area contributed by atoms with Gasteiger partial charge in [0, 0.05) is 11.0 Å². The van der Waals surface area contributed by atoms with E-state index in [0.29, 0.717) is 16.9 Å². The molecule has 0 amide bonds. The summed E-state index contributed by atoms with van der Waals surface area (Å²) in [6, 6.07) is 6.88. The average molecular weight is 245 g/mol. The Labute approximate surface area is 108 Å². The number of ether oxygens (including phenoxy) is 1. The summed E-state index contributed by atoms with van der Waals surface area (Å²) < 4.78 is 5.94. The molecule has 0 aliphatic heterocycles. The molecule has 0 unspecified atom stereocenters. The Hall–Kier alpha value is -1.82. The Kier molecular flexibility index (Phi) is 3.81. The second-order valence-electron chi connectivity index (χ2n) is 5.88. The van der Waals surface area contributed by atoms with Crippen molar-refractivity contribution in [1.82, 2.24) is 0 Å². The number of benzene rings is 1. The van der Waals surface area contributed by atoms with E-state index in [2.05, 4.69) is 20.8 Å². The fourth-order valence-electron chi connectivity index (χ4n) is 1.26. The molecule has 3 heteroatoms. The molecule has 18 heavy (non-hydrogen) atoms. The highest BCUT2D eigenvalue weighted by Crippen LogP contribution is 2.34. The quantitative estimate of drug-likeness (QED) is 0.765. The van der Waals surface area contributed by atoms with Gasteiger partial charge in [0.1, 0.15) is 17.6 Å². The number of carbonyl (C=O) groups excluding carboxylic acids is 1. The minimum atomic E-state index is -0.402. The molecule has 0 saturated carbocycles. The molecule has 0 N–H and O–H groups in total. The van der Waals surface area contributed by atoms with Gasteiger partial charge in [0.25, 0.3) is 0 Å². The minimum absolute atomic E-state index is 0.0585. The van der Waals surface area contributed by atoms with Crippen LogP contribution in [0, 0.1) is 16.7 Å². The van der Waals surface area contributed by atoms with E-state index >= 15 is 0 Å². The number of nitrogens with zero attached hydrogens (tertiary/aromatic N) is 1. The van der Waals surface area contributed by atoms with Crippen LogP contribution in [0.4, 0.5) is 0 Å².